The molecule has 0 saturated heterocycles. The first-order valence-electron chi connectivity index (χ1n) is 4.63. The third-order valence-corrected chi connectivity index (χ3v) is 2.84. The molecule has 16 heavy (non-hydrogen) atoms. The smallest absolute Gasteiger partial charge is 0.209 e. The van der Waals surface area contributed by atoms with Crippen molar-refractivity contribution in [2.45, 2.75) is 0 Å². The van der Waals surface area contributed by atoms with Crippen LogP contribution in [0.25, 0.3) is 0 Å². The third kappa shape index (κ3) is 2.74. The Morgan fingerprint density at radius 3 is 2.81 bits per heavy atom. The van der Waals surface area contributed by atoms with Gasteiger partial charge in [-0.2, -0.15) is 10.1 Å². The molecule has 0 amide bonds. The van der Waals surface area contributed by atoms with Crippen molar-refractivity contribution < 1.29 is 0 Å². The van der Waals surface area contributed by atoms with Crippen molar-refractivity contribution in [1.29, 1.82) is 0 Å². The van der Waals surface area contributed by atoms with Gasteiger partial charge in [0.25, 0.3) is 0 Å². The van der Waals surface area contributed by atoms with Crippen molar-refractivity contribution in [2.24, 2.45) is 12.0 Å². The summed E-state index contributed by atoms with van der Waals surface area (Å²) >= 11 is 6.58. The van der Waals surface area contributed by atoms with Crippen LogP contribution in [0.1, 0.15) is 0 Å². The highest BCUT2D eigenvalue weighted by atomic mass is 32.1. The lowest BCUT2D eigenvalue weighted by Crippen LogP contribution is -2.17. The molecular formula is C10H10N4S2. The van der Waals surface area contributed by atoms with Gasteiger partial charge >= 0.3 is 0 Å². The Bertz CT molecular complexity index is 541. The molecule has 2 rings (SSSR count). The molecule has 0 aliphatic rings. The van der Waals surface area contributed by atoms with Gasteiger partial charge in [-0.05, 0) is 24.4 Å². The maximum atomic E-state index is 5.13. The SMILES string of the molecule is Cn1ncsc1=NC(=S)Nc1ccccc1. The van der Waals surface area contributed by atoms with E-state index in [4.69, 9.17) is 12.2 Å². The predicted molar refractivity (Wildman–Crippen MR) is 69.3 cm³/mol. The number of benzene rings is 1. The largest absolute Gasteiger partial charge is 0.331 e. The standard InChI is InChI=1S/C10H10N4S2/c1-14-10(16-7-11-14)13-9(15)12-8-5-3-2-4-6-8/h2-7H,1H3,(H,12,15). The number of aryl methyl sites for hydroxylation is 1. The zero-order chi connectivity index (χ0) is 11.4. The molecule has 82 valence electrons. The zero-order valence-corrected chi connectivity index (χ0v) is 10.3. The quantitative estimate of drug-likeness (QED) is 0.784. The van der Waals surface area contributed by atoms with Crippen LogP contribution in [0.3, 0.4) is 0 Å². The summed E-state index contributed by atoms with van der Waals surface area (Å²) in [5, 5.41) is 7.50. The molecule has 1 aromatic carbocycles. The summed E-state index contributed by atoms with van der Waals surface area (Å²) < 4.78 is 1.68. The summed E-state index contributed by atoms with van der Waals surface area (Å²) in [5.74, 6) is 0. The lowest BCUT2D eigenvalue weighted by atomic mass is 10.3. The Balaban J connectivity index is 2.14. The van der Waals surface area contributed by atoms with Crippen LogP contribution < -0.4 is 10.1 Å². The monoisotopic (exact) mass is 250 g/mol. The first-order chi connectivity index (χ1) is 7.75. The number of anilines is 1. The number of nitrogens with one attached hydrogen (secondary N) is 1. The average Bonchev–Trinajstić information content (AvgIpc) is 2.66. The molecule has 1 aromatic heterocycles. The average molecular weight is 250 g/mol. The predicted octanol–water partition coefficient (Wildman–Crippen LogP) is 1.78. The zero-order valence-electron chi connectivity index (χ0n) is 8.62. The van der Waals surface area contributed by atoms with Crippen LogP contribution in [-0.2, 0) is 7.05 Å². The number of aromatic nitrogens is 2. The summed E-state index contributed by atoms with van der Waals surface area (Å²) in [4.78, 5) is 5.02. The molecule has 4 nitrogen and oxygen atoms in total. The molecule has 0 spiro atoms. The molecule has 0 aliphatic carbocycles. The van der Waals surface area contributed by atoms with Gasteiger partial charge in [0.05, 0.1) is 0 Å². The Kier molecular flexibility index (Phi) is 3.43. The van der Waals surface area contributed by atoms with Gasteiger partial charge in [0.1, 0.15) is 5.51 Å². The van der Waals surface area contributed by atoms with Gasteiger partial charge in [-0.25, -0.2) is 4.68 Å². The number of rotatable bonds is 1. The lowest BCUT2D eigenvalue weighted by molar-refractivity contribution is 0.731. The maximum Gasteiger partial charge on any atom is 0.209 e. The van der Waals surface area contributed by atoms with Crippen molar-refractivity contribution in [3.05, 3.63) is 40.6 Å². The Morgan fingerprint density at radius 2 is 2.19 bits per heavy atom. The summed E-state index contributed by atoms with van der Waals surface area (Å²) in [6.07, 6.45) is 0. The Labute approximate surface area is 102 Å². The lowest BCUT2D eigenvalue weighted by Gasteiger charge is -2.01. The Hall–Kier alpha value is -1.53. The van der Waals surface area contributed by atoms with Gasteiger partial charge in [-0.15, -0.1) is 0 Å². The van der Waals surface area contributed by atoms with E-state index in [2.05, 4.69) is 15.4 Å². The summed E-state index contributed by atoms with van der Waals surface area (Å²) in [6.45, 7) is 0. The Morgan fingerprint density at radius 1 is 1.44 bits per heavy atom. The van der Waals surface area contributed by atoms with Gasteiger partial charge in [0.15, 0.2) is 5.11 Å². The highest BCUT2D eigenvalue weighted by molar-refractivity contribution is 7.80. The highest BCUT2D eigenvalue weighted by Crippen LogP contribution is 2.04. The number of nitrogens with zero attached hydrogens (tertiary/aromatic N) is 3. The van der Waals surface area contributed by atoms with Crippen LogP contribution >= 0.6 is 23.6 Å². The number of para-hydroxylation sites is 1. The van der Waals surface area contributed by atoms with Crippen molar-refractivity contribution in [2.75, 3.05) is 5.32 Å². The second-order valence-corrected chi connectivity index (χ2v) is 4.25. The molecule has 0 atom stereocenters. The second-order valence-electron chi connectivity index (χ2n) is 3.05. The molecular weight excluding hydrogens is 240 g/mol. The highest BCUT2D eigenvalue weighted by Gasteiger charge is 1.96. The van der Waals surface area contributed by atoms with Crippen LogP contribution in [0.2, 0.25) is 0 Å². The van der Waals surface area contributed by atoms with Crippen molar-refractivity contribution >= 4 is 34.4 Å². The van der Waals surface area contributed by atoms with Gasteiger partial charge in [0.2, 0.25) is 4.80 Å². The van der Waals surface area contributed by atoms with E-state index in [1.54, 1.807) is 10.2 Å². The van der Waals surface area contributed by atoms with Crippen LogP contribution in [0.15, 0.2) is 40.8 Å². The van der Waals surface area contributed by atoms with Gasteiger partial charge < -0.3 is 5.32 Å². The van der Waals surface area contributed by atoms with E-state index in [0.717, 1.165) is 10.5 Å². The summed E-state index contributed by atoms with van der Waals surface area (Å²) in [7, 11) is 1.83. The third-order valence-electron chi connectivity index (χ3n) is 1.88. The van der Waals surface area contributed by atoms with E-state index in [0.29, 0.717) is 5.11 Å². The second kappa shape index (κ2) is 5.00. The molecule has 0 saturated carbocycles. The molecule has 0 fully saturated rings. The molecule has 6 heteroatoms. The van der Waals surface area contributed by atoms with Crippen LogP contribution in [-0.4, -0.2) is 14.9 Å². The van der Waals surface area contributed by atoms with Crippen molar-refractivity contribution in [3.63, 3.8) is 0 Å². The molecule has 0 bridgehead atoms. The number of thiocarbonyl (C=S) groups is 1. The van der Waals surface area contributed by atoms with Crippen LogP contribution in [0.5, 0.6) is 0 Å². The van der Waals surface area contributed by atoms with Gasteiger partial charge in [0, 0.05) is 12.7 Å². The van der Waals surface area contributed by atoms with E-state index < -0.39 is 0 Å². The molecule has 0 radical (unpaired) electrons. The van der Waals surface area contributed by atoms with Gasteiger partial charge in [-0.1, -0.05) is 29.5 Å². The summed E-state index contributed by atoms with van der Waals surface area (Å²) in [5.41, 5.74) is 2.66. The fraction of sp³-hybridized carbons (Fsp3) is 0.100. The fourth-order valence-corrected chi connectivity index (χ4v) is 2.01. The van der Waals surface area contributed by atoms with Gasteiger partial charge in [-0.3, -0.25) is 0 Å². The van der Waals surface area contributed by atoms with E-state index in [-0.39, 0.29) is 0 Å². The van der Waals surface area contributed by atoms with E-state index >= 15 is 0 Å². The maximum absolute atomic E-state index is 5.13. The molecule has 1 N–H and O–H groups in total. The number of hydrogen-bond donors (Lipinski definition) is 1. The summed E-state index contributed by atoms with van der Waals surface area (Å²) in [6, 6.07) is 9.72. The molecule has 2 aromatic rings. The minimum Gasteiger partial charge on any atom is -0.331 e. The first-order valence-corrected chi connectivity index (χ1v) is 5.92. The van der Waals surface area contributed by atoms with Crippen LogP contribution in [0.4, 0.5) is 5.69 Å². The number of hydrogen-bond acceptors (Lipinski definition) is 3. The van der Waals surface area contributed by atoms with Crippen LogP contribution in [0, 0.1) is 0 Å². The normalized spacial score (nSPS) is 11.4. The van der Waals surface area contributed by atoms with E-state index in [1.807, 2.05) is 37.4 Å². The molecule has 0 aliphatic heterocycles. The van der Waals surface area contributed by atoms with Crippen molar-refractivity contribution in [3.8, 4) is 0 Å². The molecule has 0 unspecified atom stereocenters. The van der Waals surface area contributed by atoms with E-state index in [9.17, 15) is 0 Å². The minimum atomic E-state index is 0.436. The fourth-order valence-electron chi connectivity index (χ4n) is 1.13. The first kappa shape index (κ1) is 11.0. The topological polar surface area (TPSA) is 42.2 Å². The molecule has 1 heterocycles. The van der Waals surface area contributed by atoms with E-state index in [1.165, 1.54) is 11.3 Å². The van der Waals surface area contributed by atoms with Crippen molar-refractivity contribution in [1.82, 2.24) is 9.78 Å². The minimum absolute atomic E-state index is 0.436.